The molecular weight excluding hydrogens is 388 g/mol. The lowest BCUT2D eigenvalue weighted by atomic mass is 9.69. The molecule has 0 saturated heterocycles. The Morgan fingerprint density at radius 3 is 1.60 bits per heavy atom. The van der Waals surface area contributed by atoms with Crippen molar-refractivity contribution in [3.8, 4) is 0 Å². The van der Waals surface area contributed by atoms with Crippen molar-refractivity contribution in [3.05, 3.63) is 48.0 Å². The Labute approximate surface area is 178 Å². The highest BCUT2D eigenvalue weighted by molar-refractivity contribution is 5.90. The number of Topliss-reactive ketones (excluding diaryl/α,β-unsaturated/α-hetero) is 1. The maximum Gasteiger partial charge on any atom is 0.153 e. The smallest absolute Gasteiger partial charge is 0.153 e. The van der Waals surface area contributed by atoms with Gasteiger partial charge in [0.05, 0.1) is 36.3 Å². The molecule has 168 valence electrons. The van der Waals surface area contributed by atoms with E-state index in [1.165, 1.54) is 12.2 Å². The zero-order valence-electron chi connectivity index (χ0n) is 17.8. The van der Waals surface area contributed by atoms with Gasteiger partial charge < -0.3 is 29.9 Å². The van der Waals surface area contributed by atoms with Gasteiger partial charge in [-0.25, -0.2) is 0 Å². The molecule has 4 N–H and O–H groups in total. The number of aliphatic hydroxyl groups excluding tert-OH is 2. The third-order valence-corrected chi connectivity index (χ3v) is 5.40. The van der Waals surface area contributed by atoms with Crippen molar-refractivity contribution in [2.75, 3.05) is 26.4 Å². The molecule has 0 heterocycles. The van der Waals surface area contributed by atoms with E-state index in [1.54, 1.807) is 24.3 Å². The quantitative estimate of drug-likeness (QED) is 0.379. The average Bonchev–Trinajstić information content (AvgIpc) is 2.70. The molecule has 0 fully saturated rings. The van der Waals surface area contributed by atoms with E-state index in [9.17, 15) is 15.0 Å². The number of rotatable bonds is 12. The van der Waals surface area contributed by atoms with Gasteiger partial charge in [0.2, 0.25) is 0 Å². The summed E-state index contributed by atoms with van der Waals surface area (Å²) >= 11 is 0. The summed E-state index contributed by atoms with van der Waals surface area (Å²) in [5.41, 5.74) is -2.88. The molecule has 0 amide bonds. The largest absolute Gasteiger partial charge is 0.491 e. The highest BCUT2D eigenvalue weighted by Crippen LogP contribution is 2.40. The Bertz CT molecular complexity index is 650. The first-order valence-corrected chi connectivity index (χ1v) is 10.6. The van der Waals surface area contributed by atoms with Crippen molar-refractivity contribution in [2.45, 2.75) is 50.7 Å². The number of ether oxygens (including phenoxy) is 2. The Kier molecular flexibility index (Phi) is 8.85. The summed E-state index contributed by atoms with van der Waals surface area (Å²) in [4.78, 5) is 13.5. The van der Waals surface area contributed by atoms with Gasteiger partial charge in [0, 0.05) is 0 Å². The average molecular weight is 423 g/mol. The number of hydrogen-bond donors (Lipinski definition) is 4. The van der Waals surface area contributed by atoms with Crippen LogP contribution in [0.1, 0.15) is 39.5 Å². The SMILES string of the molecule is CCCC1(O)C=C(OCCO)C=CC1C(=O)C1C=CC(OCCO)=CC1(O)CCC. The van der Waals surface area contributed by atoms with Crippen LogP contribution in [0.3, 0.4) is 0 Å². The number of aliphatic hydroxyl groups is 4. The molecule has 0 aromatic heterocycles. The van der Waals surface area contributed by atoms with Crippen LogP contribution in [0, 0.1) is 11.8 Å². The Morgan fingerprint density at radius 1 is 0.867 bits per heavy atom. The molecule has 0 aliphatic heterocycles. The molecule has 7 nitrogen and oxygen atoms in total. The lowest BCUT2D eigenvalue weighted by molar-refractivity contribution is -0.136. The normalized spacial score (nSPS) is 30.6. The molecule has 0 bridgehead atoms. The zero-order valence-corrected chi connectivity index (χ0v) is 17.8. The van der Waals surface area contributed by atoms with E-state index in [0.717, 1.165) is 0 Å². The van der Waals surface area contributed by atoms with Crippen molar-refractivity contribution in [3.63, 3.8) is 0 Å². The maximum absolute atomic E-state index is 13.5. The van der Waals surface area contributed by atoms with Crippen LogP contribution in [0.15, 0.2) is 48.0 Å². The van der Waals surface area contributed by atoms with Crippen LogP contribution in [-0.4, -0.2) is 63.8 Å². The zero-order chi connectivity index (χ0) is 22.2. The van der Waals surface area contributed by atoms with E-state index in [0.29, 0.717) is 37.2 Å². The van der Waals surface area contributed by atoms with E-state index in [-0.39, 0.29) is 32.2 Å². The van der Waals surface area contributed by atoms with E-state index < -0.39 is 23.0 Å². The predicted octanol–water partition coefficient (Wildman–Crippen LogP) is 1.78. The molecule has 0 aromatic carbocycles. The molecule has 0 spiro atoms. The first-order chi connectivity index (χ1) is 14.3. The van der Waals surface area contributed by atoms with Gasteiger partial charge in [0.15, 0.2) is 5.78 Å². The molecule has 4 atom stereocenters. The van der Waals surface area contributed by atoms with Gasteiger partial charge in [-0.3, -0.25) is 4.79 Å². The molecule has 4 unspecified atom stereocenters. The van der Waals surface area contributed by atoms with Crippen LogP contribution < -0.4 is 0 Å². The number of carbonyl (C=O) groups excluding carboxylic acids is 1. The van der Waals surface area contributed by atoms with Gasteiger partial charge in [0.25, 0.3) is 0 Å². The summed E-state index contributed by atoms with van der Waals surface area (Å²) in [5, 5.41) is 40.5. The molecule has 7 heteroatoms. The monoisotopic (exact) mass is 422 g/mol. The minimum absolute atomic E-state index is 0.0972. The van der Waals surface area contributed by atoms with Gasteiger partial charge in [-0.15, -0.1) is 0 Å². The van der Waals surface area contributed by atoms with Crippen LogP contribution in [0.5, 0.6) is 0 Å². The van der Waals surface area contributed by atoms with E-state index in [4.69, 9.17) is 19.7 Å². The maximum atomic E-state index is 13.5. The van der Waals surface area contributed by atoms with Crippen molar-refractivity contribution in [2.24, 2.45) is 11.8 Å². The van der Waals surface area contributed by atoms with Crippen molar-refractivity contribution >= 4 is 5.78 Å². The highest BCUT2D eigenvalue weighted by atomic mass is 16.5. The third-order valence-electron chi connectivity index (χ3n) is 5.40. The van der Waals surface area contributed by atoms with E-state index in [2.05, 4.69) is 0 Å². The minimum atomic E-state index is -1.44. The fourth-order valence-corrected chi connectivity index (χ4v) is 4.12. The summed E-state index contributed by atoms with van der Waals surface area (Å²) in [7, 11) is 0. The second-order valence-electron chi connectivity index (χ2n) is 7.80. The van der Waals surface area contributed by atoms with Crippen molar-refractivity contribution in [1.82, 2.24) is 0 Å². The number of allylic oxidation sites excluding steroid dienone is 2. The molecule has 0 aromatic rings. The number of hydrogen-bond acceptors (Lipinski definition) is 7. The molecule has 2 aliphatic rings. The summed E-state index contributed by atoms with van der Waals surface area (Å²) in [5.74, 6) is -1.15. The van der Waals surface area contributed by atoms with Gasteiger partial charge in [0.1, 0.15) is 24.7 Å². The number of carbonyl (C=O) groups is 1. The van der Waals surface area contributed by atoms with Crippen LogP contribution in [0.4, 0.5) is 0 Å². The molecule has 2 aliphatic carbocycles. The summed E-state index contributed by atoms with van der Waals surface area (Å²) in [6.45, 7) is 3.73. The fourth-order valence-electron chi connectivity index (χ4n) is 4.12. The molecule has 30 heavy (non-hydrogen) atoms. The third kappa shape index (κ3) is 5.60. The second-order valence-corrected chi connectivity index (χ2v) is 7.80. The first kappa shape index (κ1) is 24.3. The second kappa shape index (κ2) is 10.9. The van der Waals surface area contributed by atoms with Crippen LogP contribution >= 0.6 is 0 Å². The van der Waals surface area contributed by atoms with Crippen molar-refractivity contribution in [1.29, 1.82) is 0 Å². The fraction of sp³-hybridized carbons (Fsp3) is 0.609. The van der Waals surface area contributed by atoms with Crippen LogP contribution in [-0.2, 0) is 14.3 Å². The van der Waals surface area contributed by atoms with Crippen molar-refractivity contribution < 1.29 is 34.7 Å². The molecular formula is C23H34O7. The standard InChI is InChI=1S/C23H34O7/c1-3-9-22(27)15-17(29-13-11-24)5-7-19(22)21(26)20-8-6-18(30-14-12-25)16-23(20,28)10-4-2/h5-8,15-16,19-20,24-25,27-28H,3-4,9-14H2,1-2H3. The Hall–Kier alpha value is -1.93. The Morgan fingerprint density at radius 2 is 1.27 bits per heavy atom. The number of ketones is 1. The van der Waals surface area contributed by atoms with Gasteiger partial charge in [-0.2, -0.15) is 0 Å². The van der Waals surface area contributed by atoms with Gasteiger partial charge in [-0.05, 0) is 37.1 Å². The van der Waals surface area contributed by atoms with Crippen LogP contribution in [0.25, 0.3) is 0 Å². The molecule has 0 saturated carbocycles. The Balaban J connectivity index is 2.30. The predicted molar refractivity (Wildman–Crippen MR) is 112 cm³/mol. The summed E-state index contributed by atoms with van der Waals surface area (Å²) in [6, 6.07) is 0. The van der Waals surface area contributed by atoms with E-state index >= 15 is 0 Å². The summed E-state index contributed by atoms with van der Waals surface area (Å²) < 4.78 is 10.8. The lowest BCUT2D eigenvalue weighted by Gasteiger charge is -2.40. The topological polar surface area (TPSA) is 116 Å². The van der Waals surface area contributed by atoms with Gasteiger partial charge >= 0.3 is 0 Å². The molecule has 2 rings (SSSR count). The van der Waals surface area contributed by atoms with E-state index in [1.807, 2.05) is 13.8 Å². The lowest BCUT2D eigenvalue weighted by Crippen LogP contribution is -2.49. The summed E-state index contributed by atoms with van der Waals surface area (Å²) in [6.07, 6.45) is 11.6. The minimum Gasteiger partial charge on any atom is -0.491 e. The first-order valence-electron chi connectivity index (χ1n) is 10.6. The van der Waals surface area contributed by atoms with Crippen LogP contribution in [0.2, 0.25) is 0 Å². The highest BCUT2D eigenvalue weighted by Gasteiger charge is 2.48. The van der Waals surface area contributed by atoms with Gasteiger partial charge in [-0.1, -0.05) is 38.8 Å². The molecule has 0 radical (unpaired) electrons.